The number of rotatable bonds is 1. The molecule has 0 unspecified atom stereocenters. The summed E-state index contributed by atoms with van der Waals surface area (Å²) in [7, 11) is 0. The van der Waals surface area contributed by atoms with Gasteiger partial charge in [0.15, 0.2) is 6.54 Å². The van der Waals surface area contributed by atoms with Crippen LogP contribution in [0.15, 0.2) is 60.7 Å². The Labute approximate surface area is 133 Å². The van der Waals surface area contributed by atoms with Crippen LogP contribution in [0.1, 0.15) is 24.9 Å². The van der Waals surface area contributed by atoms with E-state index < -0.39 is 13.7 Å². The molecule has 0 atom stereocenters. The van der Waals surface area contributed by atoms with Gasteiger partial charge in [-0.25, -0.2) is 0 Å². The molecular formula is C20H18N+. The molecule has 0 amide bonds. The van der Waals surface area contributed by atoms with Crippen molar-refractivity contribution in [1.82, 2.24) is 0 Å². The van der Waals surface area contributed by atoms with E-state index in [9.17, 15) is 0 Å². The average molecular weight is 278 g/mol. The SMILES string of the molecule is [2H]C([2H])([2H])c1ccccc1-c1c(C([2H])([2H])[2H])ccc2[n+]1Cc1ccccc1-2. The number of pyridine rings is 1. The second-order valence-electron chi connectivity index (χ2n) is 5.27. The zero-order valence-electron chi connectivity index (χ0n) is 17.4. The van der Waals surface area contributed by atoms with Gasteiger partial charge >= 0.3 is 0 Å². The monoisotopic (exact) mass is 278 g/mol. The first-order valence-corrected chi connectivity index (χ1v) is 6.93. The molecule has 0 bridgehead atoms. The van der Waals surface area contributed by atoms with Gasteiger partial charge in [-0.2, -0.15) is 4.57 Å². The first-order chi connectivity index (χ1) is 12.7. The van der Waals surface area contributed by atoms with Crippen LogP contribution in [0.2, 0.25) is 0 Å². The standard InChI is InChI=1S/C20H18N/c1-14-7-3-5-9-17(14)20-15(2)11-12-19-18-10-6-4-8-16(18)13-21(19)20/h3-12H,13H2,1-2H3/q+1/i1D3,2D3. The quantitative estimate of drug-likeness (QED) is 0.457. The fourth-order valence-electron chi connectivity index (χ4n) is 3.05. The van der Waals surface area contributed by atoms with Crippen molar-refractivity contribution < 1.29 is 12.8 Å². The van der Waals surface area contributed by atoms with Crippen LogP contribution < -0.4 is 4.57 Å². The molecule has 2 aromatic carbocycles. The molecular weight excluding hydrogens is 254 g/mol. The number of benzene rings is 2. The number of hydrogen-bond acceptors (Lipinski definition) is 0. The van der Waals surface area contributed by atoms with E-state index in [1.165, 1.54) is 0 Å². The van der Waals surface area contributed by atoms with Crippen LogP contribution in [0.4, 0.5) is 0 Å². The largest absolute Gasteiger partial charge is 0.216 e. The lowest BCUT2D eigenvalue weighted by molar-refractivity contribution is -0.661. The predicted molar refractivity (Wildman–Crippen MR) is 86.1 cm³/mol. The minimum Gasteiger partial charge on any atom is -0.187 e. The van der Waals surface area contributed by atoms with E-state index in [0.29, 0.717) is 17.8 Å². The fourth-order valence-corrected chi connectivity index (χ4v) is 3.05. The number of aromatic nitrogens is 1. The molecule has 1 aliphatic rings. The van der Waals surface area contributed by atoms with Crippen LogP contribution in [0.5, 0.6) is 0 Å². The lowest BCUT2D eigenvalue weighted by Gasteiger charge is -2.08. The van der Waals surface area contributed by atoms with Crippen LogP contribution >= 0.6 is 0 Å². The maximum absolute atomic E-state index is 7.99. The lowest BCUT2D eigenvalue weighted by atomic mass is 10.0. The number of nitrogens with zero attached hydrogens (tertiary/aromatic N) is 1. The smallest absolute Gasteiger partial charge is 0.187 e. The Morgan fingerprint density at radius 1 is 0.810 bits per heavy atom. The molecule has 1 aliphatic heterocycles. The van der Waals surface area contributed by atoms with Crippen molar-refractivity contribution in [3.63, 3.8) is 0 Å². The summed E-state index contributed by atoms with van der Waals surface area (Å²) in [5.74, 6) is 0. The van der Waals surface area contributed by atoms with Crippen LogP contribution in [0.25, 0.3) is 22.5 Å². The molecule has 102 valence electrons. The Kier molecular flexibility index (Phi) is 1.64. The minimum absolute atomic E-state index is 0.160. The maximum atomic E-state index is 7.99. The Bertz CT molecular complexity index is 1030. The highest BCUT2D eigenvalue weighted by atomic mass is 15.0. The Morgan fingerprint density at radius 3 is 2.43 bits per heavy atom. The lowest BCUT2D eigenvalue weighted by Crippen LogP contribution is -2.36. The molecule has 1 nitrogen and oxygen atoms in total. The molecule has 0 saturated heterocycles. The molecule has 4 rings (SSSR count). The van der Waals surface area contributed by atoms with Crippen LogP contribution in [-0.4, -0.2) is 0 Å². The first kappa shape index (κ1) is 7.56. The zero-order valence-corrected chi connectivity index (χ0v) is 11.4. The van der Waals surface area contributed by atoms with Gasteiger partial charge in [0.05, 0.1) is 5.56 Å². The molecule has 21 heavy (non-hydrogen) atoms. The number of fused-ring (bicyclic) bond motifs is 3. The van der Waals surface area contributed by atoms with E-state index in [2.05, 4.69) is 0 Å². The summed E-state index contributed by atoms with van der Waals surface area (Å²) in [4.78, 5) is 0. The molecule has 1 heteroatoms. The molecule has 0 spiro atoms. The summed E-state index contributed by atoms with van der Waals surface area (Å²) < 4.78 is 49.6. The van der Waals surface area contributed by atoms with Gasteiger partial charge in [-0.3, -0.25) is 0 Å². The Morgan fingerprint density at radius 2 is 1.57 bits per heavy atom. The van der Waals surface area contributed by atoms with E-state index in [-0.39, 0.29) is 11.1 Å². The Hall–Kier alpha value is -2.41. The second-order valence-corrected chi connectivity index (χ2v) is 5.27. The second kappa shape index (κ2) is 4.56. The molecule has 2 heterocycles. The van der Waals surface area contributed by atoms with E-state index in [0.717, 1.165) is 16.8 Å². The van der Waals surface area contributed by atoms with Gasteiger partial charge in [0.25, 0.3) is 0 Å². The third-order valence-electron chi connectivity index (χ3n) is 4.03. The average Bonchev–Trinajstić information content (AvgIpc) is 2.98. The highest BCUT2D eigenvalue weighted by Crippen LogP contribution is 2.32. The van der Waals surface area contributed by atoms with E-state index >= 15 is 0 Å². The van der Waals surface area contributed by atoms with Gasteiger partial charge in [-0.05, 0) is 37.5 Å². The van der Waals surface area contributed by atoms with Gasteiger partial charge in [0.1, 0.15) is 0 Å². The minimum atomic E-state index is -2.35. The van der Waals surface area contributed by atoms with Crippen molar-refractivity contribution in [3.8, 4) is 22.5 Å². The van der Waals surface area contributed by atoms with Gasteiger partial charge in [0, 0.05) is 31.0 Å². The van der Waals surface area contributed by atoms with Gasteiger partial charge < -0.3 is 0 Å². The van der Waals surface area contributed by atoms with Gasteiger partial charge in [-0.15, -0.1) is 0 Å². The summed E-state index contributed by atoms with van der Waals surface area (Å²) in [5.41, 5.74) is 4.25. The fraction of sp³-hybridized carbons (Fsp3) is 0.150. The topological polar surface area (TPSA) is 3.88 Å². The van der Waals surface area contributed by atoms with Crippen molar-refractivity contribution in [2.24, 2.45) is 0 Å². The normalized spacial score (nSPS) is 17.5. The van der Waals surface area contributed by atoms with Crippen molar-refractivity contribution in [3.05, 3.63) is 77.4 Å². The maximum Gasteiger partial charge on any atom is 0.216 e. The van der Waals surface area contributed by atoms with E-state index in [1.807, 2.05) is 34.9 Å². The molecule has 0 N–H and O–H groups in total. The molecule has 0 radical (unpaired) electrons. The van der Waals surface area contributed by atoms with Gasteiger partial charge in [-0.1, -0.05) is 36.4 Å². The predicted octanol–water partition coefficient (Wildman–Crippen LogP) is 4.29. The first-order valence-electron chi connectivity index (χ1n) is 9.93. The van der Waals surface area contributed by atoms with E-state index in [4.69, 9.17) is 8.22 Å². The highest BCUT2D eigenvalue weighted by molar-refractivity contribution is 5.69. The molecule has 0 fully saturated rings. The molecule has 1 aromatic heterocycles. The molecule has 0 saturated carbocycles. The summed E-state index contributed by atoms with van der Waals surface area (Å²) in [6.45, 7) is -4.18. The zero-order chi connectivity index (χ0) is 19.4. The molecule has 0 aliphatic carbocycles. The van der Waals surface area contributed by atoms with Crippen molar-refractivity contribution in [2.45, 2.75) is 20.2 Å². The van der Waals surface area contributed by atoms with Crippen molar-refractivity contribution in [1.29, 1.82) is 0 Å². The summed E-state index contributed by atoms with van der Waals surface area (Å²) in [5, 5.41) is 0. The number of hydrogen-bond donors (Lipinski definition) is 0. The van der Waals surface area contributed by atoms with Crippen LogP contribution in [0.3, 0.4) is 0 Å². The van der Waals surface area contributed by atoms with Gasteiger partial charge in [0.2, 0.25) is 11.4 Å². The van der Waals surface area contributed by atoms with E-state index in [1.54, 1.807) is 30.3 Å². The summed E-state index contributed by atoms with van der Waals surface area (Å²) >= 11 is 0. The summed E-state index contributed by atoms with van der Waals surface area (Å²) in [6.07, 6.45) is 0. The van der Waals surface area contributed by atoms with Crippen molar-refractivity contribution in [2.75, 3.05) is 0 Å². The Balaban J connectivity index is 2.07. The summed E-state index contributed by atoms with van der Waals surface area (Å²) in [6, 6.07) is 18.0. The van der Waals surface area contributed by atoms with Crippen LogP contribution in [-0.2, 0) is 6.54 Å². The van der Waals surface area contributed by atoms with Crippen LogP contribution in [0, 0.1) is 13.7 Å². The molecule has 3 aromatic rings. The van der Waals surface area contributed by atoms with Crippen molar-refractivity contribution >= 4 is 0 Å². The third-order valence-corrected chi connectivity index (χ3v) is 4.03. The number of aryl methyl sites for hydroxylation is 2. The highest BCUT2D eigenvalue weighted by Gasteiger charge is 2.30. The third kappa shape index (κ3) is 1.81.